The van der Waals surface area contributed by atoms with Crippen LogP contribution in [0.2, 0.25) is 0 Å². The lowest BCUT2D eigenvalue weighted by Crippen LogP contribution is -2.18. The molecular weight excluding hydrogens is 224 g/mol. The first-order valence-corrected chi connectivity index (χ1v) is 5.86. The van der Waals surface area contributed by atoms with E-state index in [0.717, 1.165) is 17.2 Å². The van der Waals surface area contributed by atoms with Gasteiger partial charge in [-0.25, -0.2) is 0 Å². The monoisotopic (exact) mass is 238 g/mol. The Labute approximate surface area is 97.9 Å². The third kappa shape index (κ3) is 2.29. The Morgan fingerprint density at radius 2 is 2.50 bits per heavy atom. The fourth-order valence-electron chi connectivity index (χ4n) is 1.46. The smallest absolute Gasteiger partial charge is 0.155 e. The molecule has 0 amide bonds. The molecule has 2 heterocycles. The Morgan fingerprint density at radius 1 is 1.62 bits per heavy atom. The molecule has 0 saturated carbocycles. The summed E-state index contributed by atoms with van der Waals surface area (Å²) in [5.41, 5.74) is 6.12. The second-order valence-electron chi connectivity index (χ2n) is 3.37. The second-order valence-corrected chi connectivity index (χ2v) is 4.35. The van der Waals surface area contributed by atoms with Gasteiger partial charge in [0.05, 0.1) is 6.61 Å². The Bertz CT molecular complexity index is 426. The predicted molar refractivity (Wildman–Crippen MR) is 62.2 cm³/mol. The highest BCUT2D eigenvalue weighted by Gasteiger charge is 2.16. The Kier molecular flexibility index (Phi) is 3.66. The molecule has 1 unspecified atom stereocenters. The molecule has 0 aliphatic heterocycles. The standard InChI is InChI=1S/C10H14N4OS/c1-15-5-4-14-7-12-13-10(14)9(11)8-3-2-6-16-8/h2-3,6-7,9H,4-5,11H2,1H3. The van der Waals surface area contributed by atoms with Gasteiger partial charge in [-0.3, -0.25) is 0 Å². The first kappa shape index (κ1) is 11.3. The lowest BCUT2D eigenvalue weighted by atomic mass is 10.2. The minimum Gasteiger partial charge on any atom is -0.383 e. The van der Waals surface area contributed by atoms with E-state index in [9.17, 15) is 0 Å². The Morgan fingerprint density at radius 3 is 3.19 bits per heavy atom. The molecule has 0 aliphatic rings. The fourth-order valence-corrected chi connectivity index (χ4v) is 2.19. The second kappa shape index (κ2) is 5.20. The molecule has 0 saturated heterocycles. The molecule has 16 heavy (non-hydrogen) atoms. The van der Waals surface area contributed by atoms with Crippen molar-refractivity contribution in [3.63, 3.8) is 0 Å². The maximum absolute atomic E-state index is 6.12. The number of nitrogens with two attached hydrogens (primary N) is 1. The first-order valence-electron chi connectivity index (χ1n) is 4.98. The van der Waals surface area contributed by atoms with Crippen molar-refractivity contribution < 1.29 is 4.74 Å². The number of thiophene rings is 1. The highest BCUT2D eigenvalue weighted by molar-refractivity contribution is 7.10. The van der Waals surface area contributed by atoms with E-state index in [1.54, 1.807) is 24.8 Å². The lowest BCUT2D eigenvalue weighted by molar-refractivity contribution is 0.186. The summed E-state index contributed by atoms with van der Waals surface area (Å²) in [7, 11) is 1.67. The molecule has 2 aromatic heterocycles. The van der Waals surface area contributed by atoms with Crippen molar-refractivity contribution in [1.82, 2.24) is 14.8 Å². The largest absolute Gasteiger partial charge is 0.383 e. The van der Waals surface area contributed by atoms with Gasteiger partial charge in [0.1, 0.15) is 12.4 Å². The maximum atomic E-state index is 6.12. The molecule has 2 rings (SSSR count). The van der Waals surface area contributed by atoms with E-state index >= 15 is 0 Å². The van der Waals surface area contributed by atoms with E-state index in [-0.39, 0.29) is 6.04 Å². The third-order valence-corrected chi connectivity index (χ3v) is 3.27. The van der Waals surface area contributed by atoms with Crippen LogP contribution >= 0.6 is 11.3 Å². The van der Waals surface area contributed by atoms with E-state index in [4.69, 9.17) is 10.5 Å². The van der Waals surface area contributed by atoms with Gasteiger partial charge >= 0.3 is 0 Å². The highest BCUT2D eigenvalue weighted by Crippen LogP contribution is 2.21. The minimum atomic E-state index is -0.209. The van der Waals surface area contributed by atoms with Crippen molar-refractivity contribution in [3.05, 3.63) is 34.5 Å². The number of ether oxygens (including phenoxy) is 1. The Balaban J connectivity index is 2.17. The zero-order chi connectivity index (χ0) is 11.4. The molecule has 0 bridgehead atoms. The van der Waals surface area contributed by atoms with Crippen molar-refractivity contribution in [2.75, 3.05) is 13.7 Å². The van der Waals surface area contributed by atoms with Gasteiger partial charge in [0, 0.05) is 18.5 Å². The van der Waals surface area contributed by atoms with Gasteiger partial charge in [0.15, 0.2) is 5.82 Å². The number of hydrogen-bond donors (Lipinski definition) is 1. The van der Waals surface area contributed by atoms with Gasteiger partial charge in [-0.05, 0) is 11.4 Å². The van der Waals surface area contributed by atoms with Gasteiger partial charge in [-0.2, -0.15) is 0 Å². The number of aromatic nitrogens is 3. The van der Waals surface area contributed by atoms with E-state index < -0.39 is 0 Å². The number of nitrogens with zero attached hydrogens (tertiary/aromatic N) is 3. The summed E-state index contributed by atoms with van der Waals surface area (Å²) in [6.07, 6.45) is 1.68. The normalized spacial score (nSPS) is 12.9. The van der Waals surface area contributed by atoms with E-state index in [0.29, 0.717) is 6.61 Å². The van der Waals surface area contributed by atoms with Crippen molar-refractivity contribution in [1.29, 1.82) is 0 Å². The average Bonchev–Trinajstić information content (AvgIpc) is 2.96. The van der Waals surface area contributed by atoms with E-state index in [1.807, 2.05) is 22.1 Å². The summed E-state index contributed by atoms with van der Waals surface area (Å²) in [5.74, 6) is 0.777. The van der Waals surface area contributed by atoms with Crippen molar-refractivity contribution in [2.45, 2.75) is 12.6 Å². The number of methoxy groups -OCH3 is 1. The quantitative estimate of drug-likeness (QED) is 0.845. The maximum Gasteiger partial charge on any atom is 0.155 e. The number of rotatable bonds is 5. The molecule has 5 nitrogen and oxygen atoms in total. The summed E-state index contributed by atoms with van der Waals surface area (Å²) in [6.45, 7) is 1.35. The van der Waals surface area contributed by atoms with Crippen LogP contribution in [-0.4, -0.2) is 28.5 Å². The summed E-state index contributed by atoms with van der Waals surface area (Å²) >= 11 is 1.62. The van der Waals surface area contributed by atoms with Crippen LogP contribution in [0.25, 0.3) is 0 Å². The highest BCUT2D eigenvalue weighted by atomic mass is 32.1. The summed E-state index contributed by atoms with van der Waals surface area (Å²) in [6, 6.07) is 3.78. The summed E-state index contributed by atoms with van der Waals surface area (Å²) in [4.78, 5) is 1.09. The van der Waals surface area contributed by atoms with Crippen LogP contribution in [0.4, 0.5) is 0 Å². The summed E-state index contributed by atoms with van der Waals surface area (Å²) in [5, 5.41) is 9.96. The molecule has 0 aliphatic carbocycles. The molecule has 0 aromatic carbocycles. The van der Waals surface area contributed by atoms with Crippen LogP contribution in [0.5, 0.6) is 0 Å². The topological polar surface area (TPSA) is 66.0 Å². The van der Waals surface area contributed by atoms with Crippen molar-refractivity contribution in [3.8, 4) is 0 Å². The molecule has 0 spiro atoms. The molecule has 0 fully saturated rings. The number of hydrogen-bond acceptors (Lipinski definition) is 5. The minimum absolute atomic E-state index is 0.209. The van der Waals surface area contributed by atoms with Crippen LogP contribution in [0.1, 0.15) is 16.7 Å². The molecule has 6 heteroatoms. The fraction of sp³-hybridized carbons (Fsp3) is 0.400. The van der Waals surface area contributed by atoms with Gasteiger partial charge in [-0.1, -0.05) is 6.07 Å². The van der Waals surface area contributed by atoms with E-state index in [1.165, 1.54) is 0 Å². The van der Waals surface area contributed by atoms with Crippen LogP contribution in [0.3, 0.4) is 0 Å². The summed E-state index contributed by atoms with van der Waals surface area (Å²) < 4.78 is 6.95. The third-order valence-electron chi connectivity index (χ3n) is 2.31. The molecule has 2 N–H and O–H groups in total. The SMILES string of the molecule is COCCn1cnnc1C(N)c1cccs1. The van der Waals surface area contributed by atoms with Gasteiger partial charge < -0.3 is 15.0 Å². The molecular formula is C10H14N4OS. The van der Waals surface area contributed by atoms with Crippen LogP contribution in [0.15, 0.2) is 23.8 Å². The molecule has 2 aromatic rings. The molecule has 86 valence electrons. The van der Waals surface area contributed by atoms with Gasteiger partial charge in [0.2, 0.25) is 0 Å². The van der Waals surface area contributed by atoms with Crippen LogP contribution in [0, 0.1) is 0 Å². The average molecular weight is 238 g/mol. The molecule has 1 atom stereocenters. The van der Waals surface area contributed by atoms with E-state index in [2.05, 4.69) is 10.2 Å². The zero-order valence-electron chi connectivity index (χ0n) is 9.04. The molecule has 0 radical (unpaired) electrons. The lowest BCUT2D eigenvalue weighted by Gasteiger charge is -2.10. The van der Waals surface area contributed by atoms with Gasteiger partial charge in [0.25, 0.3) is 0 Å². The van der Waals surface area contributed by atoms with Crippen molar-refractivity contribution >= 4 is 11.3 Å². The first-order chi connectivity index (χ1) is 7.83. The van der Waals surface area contributed by atoms with Crippen molar-refractivity contribution in [2.24, 2.45) is 5.73 Å². The van der Waals surface area contributed by atoms with Crippen LogP contribution in [-0.2, 0) is 11.3 Å². The predicted octanol–water partition coefficient (Wildman–Crippen LogP) is 1.03. The zero-order valence-corrected chi connectivity index (χ0v) is 9.85. The van der Waals surface area contributed by atoms with Crippen LogP contribution < -0.4 is 5.73 Å². The Hall–Kier alpha value is -1.24. The van der Waals surface area contributed by atoms with Gasteiger partial charge in [-0.15, -0.1) is 21.5 Å².